The molecule has 0 saturated carbocycles. The van der Waals surface area contributed by atoms with Crippen molar-refractivity contribution in [1.29, 1.82) is 0 Å². The van der Waals surface area contributed by atoms with Crippen LogP contribution in [0.4, 0.5) is 5.69 Å². The van der Waals surface area contributed by atoms with Crippen molar-refractivity contribution in [1.82, 2.24) is 0 Å². The fraction of sp³-hybridized carbons (Fsp3) is 0.333. The highest BCUT2D eigenvalue weighted by Crippen LogP contribution is 2.24. The number of anilines is 1. The van der Waals surface area contributed by atoms with Crippen LogP contribution in [0.2, 0.25) is 0 Å². The van der Waals surface area contributed by atoms with E-state index in [1.165, 1.54) is 22.4 Å². The largest absolute Gasteiger partial charge is 0.496 e. The summed E-state index contributed by atoms with van der Waals surface area (Å²) >= 11 is 0. The molecule has 0 aromatic heterocycles. The third-order valence-corrected chi connectivity index (χ3v) is 3.78. The Morgan fingerprint density at radius 2 is 1.86 bits per heavy atom. The van der Waals surface area contributed by atoms with Gasteiger partial charge in [0.25, 0.3) is 0 Å². The molecule has 0 heterocycles. The lowest BCUT2D eigenvalue weighted by Crippen LogP contribution is -2.17. The van der Waals surface area contributed by atoms with Gasteiger partial charge in [0.15, 0.2) is 0 Å². The molecule has 0 spiro atoms. The van der Waals surface area contributed by atoms with Gasteiger partial charge in [-0.1, -0.05) is 24.3 Å². The van der Waals surface area contributed by atoms with Crippen molar-refractivity contribution in [3.8, 4) is 5.75 Å². The number of ether oxygens (including phenoxy) is 1. The first-order valence-electron chi connectivity index (χ1n) is 7.28. The number of hydrogen-bond donors (Lipinski definition) is 1. The molecule has 3 heteroatoms. The van der Waals surface area contributed by atoms with Gasteiger partial charge in [-0.05, 0) is 49.2 Å². The molecule has 0 fully saturated rings. The summed E-state index contributed by atoms with van der Waals surface area (Å²) in [5, 5.41) is 0. The molecule has 0 atom stereocenters. The molecule has 0 aliphatic heterocycles. The second kappa shape index (κ2) is 7.14. The Morgan fingerprint density at radius 1 is 1.10 bits per heavy atom. The summed E-state index contributed by atoms with van der Waals surface area (Å²) in [7, 11) is 3.81. The van der Waals surface area contributed by atoms with Crippen molar-refractivity contribution in [3.63, 3.8) is 0 Å². The average molecular weight is 284 g/mol. The Morgan fingerprint density at radius 3 is 2.52 bits per heavy atom. The summed E-state index contributed by atoms with van der Waals surface area (Å²) in [5.41, 5.74) is 10.7. The van der Waals surface area contributed by atoms with E-state index in [1.54, 1.807) is 7.11 Å². The van der Waals surface area contributed by atoms with E-state index in [1.807, 2.05) is 18.2 Å². The highest BCUT2D eigenvalue weighted by Gasteiger charge is 2.08. The van der Waals surface area contributed by atoms with E-state index in [0.717, 1.165) is 18.7 Å². The van der Waals surface area contributed by atoms with Crippen molar-refractivity contribution in [3.05, 3.63) is 59.2 Å². The zero-order chi connectivity index (χ0) is 15.2. The van der Waals surface area contributed by atoms with Crippen LogP contribution in [-0.2, 0) is 13.0 Å². The van der Waals surface area contributed by atoms with E-state index in [0.29, 0.717) is 6.54 Å². The average Bonchev–Trinajstić information content (AvgIpc) is 2.50. The van der Waals surface area contributed by atoms with Crippen LogP contribution >= 0.6 is 0 Å². The Bertz CT molecular complexity index is 596. The van der Waals surface area contributed by atoms with Crippen LogP contribution in [0.25, 0.3) is 0 Å². The minimum atomic E-state index is 0.692. The number of benzene rings is 2. The highest BCUT2D eigenvalue weighted by molar-refractivity contribution is 5.51. The van der Waals surface area contributed by atoms with Gasteiger partial charge in [0.05, 0.1) is 7.11 Å². The maximum Gasteiger partial charge on any atom is 0.123 e. The van der Waals surface area contributed by atoms with Crippen LogP contribution in [-0.4, -0.2) is 20.7 Å². The second-order valence-electron chi connectivity index (χ2n) is 5.32. The summed E-state index contributed by atoms with van der Waals surface area (Å²) in [6, 6.07) is 14.7. The molecule has 2 aromatic carbocycles. The van der Waals surface area contributed by atoms with Crippen LogP contribution < -0.4 is 15.4 Å². The molecule has 2 rings (SSSR count). The molecule has 0 saturated heterocycles. The normalized spacial score (nSPS) is 10.5. The molecule has 2 N–H and O–H groups in total. The van der Waals surface area contributed by atoms with Crippen LogP contribution in [0.5, 0.6) is 5.75 Å². The van der Waals surface area contributed by atoms with E-state index >= 15 is 0 Å². The Balaban J connectivity index is 2.16. The number of nitrogens with zero attached hydrogens (tertiary/aromatic N) is 1. The minimum absolute atomic E-state index is 0.692. The van der Waals surface area contributed by atoms with Crippen molar-refractivity contribution in [2.75, 3.05) is 25.6 Å². The summed E-state index contributed by atoms with van der Waals surface area (Å²) in [5.74, 6) is 0.931. The maximum atomic E-state index is 5.64. The van der Waals surface area contributed by atoms with Gasteiger partial charge in [-0.3, -0.25) is 0 Å². The molecule has 0 aliphatic rings. The zero-order valence-electron chi connectivity index (χ0n) is 13.1. The Hall–Kier alpha value is -2.00. The van der Waals surface area contributed by atoms with Gasteiger partial charge in [0.2, 0.25) is 0 Å². The lowest BCUT2D eigenvalue weighted by molar-refractivity contribution is 0.409. The third kappa shape index (κ3) is 3.76. The number of rotatable bonds is 6. The van der Waals surface area contributed by atoms with Gasteiger partial charge in [-0.15, -0.1) is 0 Å². The van der Waals surface area contributed by atoms with Crippen molar-refractivity contribution >= 4 is 5.69 Å². The third-order valence-electron chi connectivity index (χ3n) is 3.78. The van der Waals surface area contributed by atoms with Gasteiger partial charge in [-0.2, -0.15) is 0 Å². The van der Waals surface area contributed by atoms with Crippen molar-refractivity contribution < 1.29 is 4.74 Å². The molecule has 0 bridgehead atoms. The molecule has 21 heavy (non-hydrogen) atoms. The Labute approximate surface area is 127 Å². The van der Waals surface area contributed by atoms with Gasteiger partial charge >= 0.3 is 0 Å². The molecular formula is C18H24N2O. The van der Waals surface area contributed by atoms with E-state index in [2.05, 4.69) is 43.1 Å². The number of nitrogens with two attached hydrogens (primary N) is 1. The molecule has 0 amide bonds. The van der Waals surface area contributed by atoms with Gasteiger partial charge in [-0.25, -0.2) is 0 Å². The van der Waals surface area contributed by atoms with Crippen molar-refractivity contribution in [2.45, 2.75) is 19.9 Å². The van der Waals surface area contributed by atoms with E-state index in [-0.39, 0.29) is 0 Å². The molecule has 0 unspecified atom stereocenters. The lowest BCUT2D eigenvalue weighted by Gasteiger charge is -2.22. The monoisotopic (exact) mass is 284 g/mol. The Kier molecular flexibility index (Phi) is 5.23. The van der Waals surface area contributed by atoms with Crippen LogP contribution in [0.1, 0.15) is 16.7 Å². The summed E-state index contributed by atoms with van der Waals surface area (Å²) in [6.07, 6.45) is 0.933. The predicted molar refractivity (Wildman–Crippen MR) is 89.0 cm³/mol. The first-order valence-corrected chi connectivity index (χ1v) is 7.28. The molecule has 112 valence electrons. The number of aryl methyl sites for hydroxylation is 1. The topological polar surface area (TPSA) is 38.5 Å². The van der Waals surface area contributed by atoms with Crippen LogP contribution in [0.15, 0.2) is 42.5 Å². The molecule has 3 nitrogen and oxygen atoms in total. The van der Waals surface area contributed by atoms with Gasteiger partial charge in [0.1, 0.15) is 5.75 Å². The fourth-order valence-corrected chi connectivity index (χ4v) is 2.53. The first kappa shape index (κ1) is 15.4. The standard InChI is InChI=1S/C18H24N2O/c1-14-12-17(9-8-15(14)10-11-19)20(2)13-16-6-4-5-7-18(16)21-3/h4-9,12H,10-11,13,19H2,1-3H3. The van der Waals surface area contributed by atoms with E-state index in [9.17, 15) is 0 Å². The first-order chi connectivity index (χ1) is 10.2. The minimum Gasteiger partial charge on any atom is -0.496 e. The van der Waals surface area contributed by atoms with E-state index < -0.39 is 0 Å². The quantitative estimate of drug-likeness (QED) is 0.885. The lowest BCUT2D eigenvalue weighted by atomic mass is 10.0. The molecular weight excluding hydrogens is 260 g/mol. The fourth-order valence-electron chi connectivity index (χ4n) is 2.53. The van der Waals surface area contributed by atoms with Crippen LogP contribution in [0, 0.1) is 6.92 Å². The summed E-state index contributed by atoms with van der Waals surface area (Å²) < 4.78 is 5.42. The smallest absolute Gasteiger partial charge is 0.123 e. The van der Waals surface area contributed by atoms with Crippen LogP contribution in [0.3, 0.4) is 0 Å². The van der Waals surface area contributed by atoms with Crippen molar-refractivity contribution in [2.24, 2.45) is 5.73 Å². The predicted octanol–water partition coefficient (Wildman–Crippen LogP) is 3.14. The number of hydrogen-bond acceptors (Lipinski definition) is 3. The zero-order valence-corrected chi connectivity index (χ0v) is 13.1. The SMILES string of the molecule is COc1ccccc1CN(C)c1ccc(CCN)c(C)c1. The highest BCUT2D eigenvalue weighted by atomic mass is 16.5. The molecule has 2 aromatic rings. The second-order valence-corrected chi connectivity index (χ2v) is 5.32. The maximum absolute atomic E-state index is 5.64. The number of methoxy groups -OCH3 is 1. The summed E-state index contributed by atoms with van der Waals surface area (Å²) in [4.78, 5) is 2.23. The molecule has 0 aliphatic carbocycles. The van der Waals surface area contributed by atoms with Gasteiger partial charge < -0.3 is 15.4 Å². The molecule has 0 radical (unpaired) electrons. The van der Waals surface area contributed by atoms with Gasteiger partial charge in [0, 0.05) is 24.8 Å². The summed E-state index contributed by atoms with van der Waals surface area (Å²) in [6.45, 7) is 3.66. The number of para-hydroxylation sites is 1. The van der Waals surface area contributed by atoms with E-state index in [4.69, 9.17) is 10.5 Å².